The fraction of sp³-hybridized carbons (Fsp3) is 0.522. The molecule has 1 aliphatic rings. The third kappa shape index (κ3) is 5.69. The van der Waals surface area contributed by atoms with Crippen molar-refractivity contribution in [3.63, 3.8) is 0 Å². The Morgan fingerprint density at radius 2 is 1.89 bits per heavy atom. The third-order valence-electron chi connectivity index (χ3n) is 5.44. The van der Waals surface area contributed by atoms with E-state index in [4.69, 9.17) is 9.47 Å². The van der Waals surface area contributed by atoms with Gasteiger partial charge in [0.05, 0.1) is 7.11 Å². The molecule has 0 aliphatic carbocycles. The molecule has 152 valence electrons. The molecule has 2 heterocycles. The van der Waals surface area contributed by atoms with Crippen molar-refractivity contribution < 1.29 is 9.47 Å². The number of likely N-dealkylation sites (tertiary alicyclic amines) is 1. The Bertz CT molecular complexity index is 728. The van der Waals surface area contributed by atoms with Gasteiger partial charge in [-0.2, -0.15) is 0 Å². The van der Waals surface area contributed by atoms with E-state index in [-0.39, 0.29) is 5.54 Å². The number of nitrogens with zero attached hydrogens (tertiary/aromatic N) is 2. The van der Waals surface area contributed by atoms with Gasteiger partial charge < -0.3 is 14.8 Å². The molecule has 0 amide bonds. The third-order valence-corrected chi connectivity index (χ3v) is 5.44. The summed E-state index contributed by atoms with van der Waals surface area (Å²) in [5, 5.41) is 3.63. The zero-order chi connectivity index (χ0) is 19.8. The number of benzene rings is 1. The number of rotatable bonds is 9. The Morgan fingerprint density at radius 1 is 1.07 bits per heavy atom. The number of piperidine rings is 1. The molecule has 1 fully saturated rings. The van der Waals surface area contributed by atoms with Crippen LogP contribution >= 0.6 is 0 Å². The molecule has 1 aromatic carbocycles. The molecular formula is C23H33N3O2. The predicted molar refractivity (Wildman–Crippen MR) is 113 cm³/mol. The maximum atomic E-state index is 6.00. The second-order valence-electron chi connectivity index (χ2n) is 8.10. The van der Waals surface area contributed by atoms with Crippen molar-refractivity contribution in [2.75, 3.05) is 26.7 Å². The van der Waals surface area contributed by atoms with E-state index in [1.165, 1.54) is 37.9 Å². The zero-order valence-corrected chi connectivity index (χ0v) is 17.4. The first-order valence-electron chi connectivity index (χ1n) is 10.2. The lowest BCUT2D eigenvalue weighted by molar-refractivity contribution is 0.0942. The normalized spacial score (nSPS) is 15.4. The largest absolute Gasteiger partial charge is 0.493 e. The lowest BCUT2D eigenvalue weighted by atomic mass is 9.98. The predicted octanol–water partition coefficient (Wildman–Crippen LogP) is 4.02. The molecule has 28 heavy (non-hydrogen) atoms. The lowest BCUT2D eigenvalue weighted by Gasteiger charge is -2.41. The maximum absolute atomic E-state index is 6.00. The van der Waals surface area contributed by atoms with Crippen LogP contribution in [0.5, 0.6) is 11.5 Å². The van der Waals surface area contributed by atoms with Crippen LogP contribution in [0.25, 0.3) is 0 Å². The van der Waals surface area contributed by atoms with Gasteiger partial charge in [-0.05, 0) is 63.5 Å². The summed E-state index contributed by atoms with van der Waals surface area (Å²) in [6.07, 6.45) is 7.59. The van der Waals surface area contributed by atoms with Gasteiger partial charge in [0.25, 0.3) is 0 Å². The van der Waals surface area contributed by atoms with E-state index in [1.807, 2.05) is 24.4 Å². The number of pyridine rings is 1. The average Bonchev–Trinajstić information content (AvgIpc) is 2.73. The SMILES string of the molecule is COc1ccc(CNCC(C)(C)N2CCCCC2)cc1OCc1cccnc1. The molecule has 0 radical (unpaired) electrons. The van der Waals surface area contributed by atoms with Gasteiger partial charge in [0.2, 0.25) is 0 Å². The minimum absolute atomic E-state index is 0.173. The first-order valence-corrected chi connectivity index (χ1v) is 10.2. The van der Waals surface area contributed by atoms with Crippen molar-refractivity contribution in [2.24, 2.45) is 0 Å². The van der Waals surface area contributed by atoms with Gasteiger partial charge in [-0.15, -0.1) is 0 Å². The Hall–Kier alpha value is -2.11. The van der Waals surface area contributed by atoms with Gasteiger partial charge in [0.1, 0.15) is 6.61 Å². The van der Waals surface area contributed by atoms with E-state index in [9.17, 15) is 0 Å². The van der Waals surface area contributed by atoms with Crippen molar-refractivity contribution in [3.05, 3.63) is 53.9 Å². The van der Waals surface area contributed by atoms with Gasteiger partial charge in [0, 0.05) is 36.6 Å². The summed E-state index contributed by atoms with van der Waals surface area (Å²) >= 11 is 0. The average molecular weight is 384 g/mol. The van der Waals surface area contributed by atoms with Crippen LogP contribution in [0, 0.1) is 0 Å². The molecule has 1 saturated heterocycles. The van der Waals surface area contributed by atoms with Crippen LogP contribution in [0.15, 0.2) is 42.7 Å². The quantitative estimate of drug-likeness (QED) is 0.709. The summed E-state index contributed by atoms with van der Waals surface area (Å²) in [7, 11) is 1.67. The van der Waals surface area contributed by atoms with Crippen molar-refractivity contribution in [1.82, 2.24) is 15.2 Å². The lowest BCUT2D eigenvalue weighted by Crippen LogP contribution is -2.52. The monoisotopic (exact) mass is 383 g/mol. The molecule has 1 N–H and O–H groups in total. The minimum Gasteiger partial charge on any atom is -0.493 e. The van der Waals surface area contributed by atoms with Crippen LogP contribution in [0.2, 0.25) is 0 Å². The highest BCUT2D eigenvalue weighted by molar-refractivity contribution is 5.43. The first kappa shape index (κ1) is 20.6. The van der Waals surface area contributed by atoms with Crippen molar-refractivity contribution in [2.45, 2.75) is 51.8 Å². The van der Waals surface area contributed by atoms with Crippen LogP contribution in [-0.2, 0) is 13.2 Å². The number of aromatic nitrogens is 1. The molecule has 5 heteroatoms. The molecule has 0 atom stereocenters. The highest BCUT2D eigenvalue weighted by Crippen LogP contribution is 2.29. The summed E-state index contributed by atoms with van der Waals surface area (Å²) in [6, 6.07) is 10.1. The fourth-order valence-electron chi connectivity index (χ4n) is 3.71. The van der Waals surface area contributed by atoms with E-state index in [0.717, 1.165) is 30.2 Å². The highest BCUT2D eigenvalue weighted by atomic mass is 16.5. The summed E-state index contributed by atoms with van der Waals surface area (Å²) in [5.74, 6) is 1.52. The maximum Gasteiger partial charge on any atom is 0.161 e. The van der Waals surface area contributed by atoms with E-state index in [2.05, 4.69) is 41.2 Å². The molecule has 1 aliphatic heterocycles. The van der Waals surface area contributed by atoms with Crippen LogP contribution in [0.1, 0.15) is 44.2 Å². The van der Waals surface area contributed by atoms with Gasteiger partial charge in [-0.1, -0.05) is 18.6 Å². The van der Waals surface area contributed by atoms with Gasteiger partial charge >= 0.3 is 0 Å². The van der Waals surface area contributed by atoms with Crippen molar-refractivity contribution in [1.29, 1.82) is 0 Å². The van der Waals surface area contributed by atoms with Gasteiger partial charge in [0.15, 0.2) is 11.5 Å². The van der Waals surface area contributed by atoms with Gasteiger partial charge in [-0.3, -0.25) is 9.88 Å². The summed E-state index contributed by atoms with van der Waals surface area (Å²) in [6.45, 7) is 9.34. The Morgan fingerprint density at radius 3 is 2.61 bits per heavy atom. The second kappa shape index (κ2) is 9.89. The van der Waals surface area contributed by atoms with E-state index < -0.39 is 0 Å². The smallest absolute Gasteiger partial charge is 0.161 e. The Kier molecular flexibility index (Phi) is 7.29. The molecule has 0 unspecified atom stereocenters. The standard InChI is InChI=1S/C23H33N3O2/c1-23(2,26-12-5-4-6-13-26)18-25-15-19-9-10-21(27-3)22(14-19)28-17-20-8-7-11-24-16-20/h7-11,14,16,25H,4-6,12-13,15,17-18H2,1-3H3. The number of methoxy groups -OCH3 is 1. The minimum atomic E-state index is 0.173. The molecule has 0 bridgehead atoms. The highest BCUT2D eigenvalue weighted by Gasteiger charge is 2.27. The zero-order valence-electron chi connectivity index (χ0n) is 17.4. The van der Waals surface area contributed by atoms with Crippen LogP contribution in [-0.4, -0.2) is 42.2 Å². The van der Waals surface area contributed by atoms with Gasteiger partial charge in [-0.25, -0.2) is 0 Å². The number of ether oxygens (including phenoxy) is 2. The molecule has 2 aromatic rings. The van der Waals surface area contributed by atoms with Crippen LogP contribution < -0.4 is 14.8 Å². The first-order chi connectivity index (χ1) is 13.6. The molecule has 0 saturated carbocycles. The molecular weight excluding hydrogens is 350 g/mol. The number of nitrogens with one attached hydrogen (secondary N) is 1. The van der Waals surface area contributed by atoms with Crippen molar-refractivity contribution >= 4 is 0 Å². The van der Waals surface area contributed by atoms with Crippen LogP contribution in [0.4, 0.5) is 0 Å². The van der Waals surface area contributed by atoms with E-state index >= 15 is 0 Å². The van der Waals surface area contributed by atoms with Crippen molar-refractivity contribution in [3.8, 4) is 11.5 Å². The molecule has 0 spiro atoms. The second-order valence-corrected chi connectivity index (χ2v) is 8.10. The number of hydrogen-bond acceptors (Lipinski definition) is 5. The fourth-order valence-corrected chi connectivity index (χ4v) is 3.71. The number of hydrogen-bond donors (Lipinski definition) is 1. The van der Waals surface area contributed by atoms with E-state index in [0.29, 0.717) is 6.61 Å². The molecule has 5 nitrogen and oxygen atoms in total. The summed E-state index contributed by atoms with van der Waals surface area (Å²) in [4.78, 5) is 6.74. The summed E-state index contributed by atoms with van der Waals surface area (Å²) in [5.41, 5.74) is 2.40. The Labute approximate surface area is 169 Å². The molecule has 1 aromatic heterocycles. The summed E-state index contributed by atoms with van der Waals surface area (Å²) < 4.78 is 11.5. The van der Waals surface area contributed by atoms with E-state index in [1.54, 1.807) is 13.3 Å². The Balaban J connectivity index is 1.56. The molecule has 3 rings (SSSR count). The van der Waals surface area contributed by atoms with Crippen LogP contribution in [0.3, 0.4) is 0 Å². The topological polar surface area (TPSA) is 46.6 Å².